The first-order valence-electron chi connectivity index (χ1n) is 8.60. The van der Waals surface area contributed by atoms with E-state index in [4.69, 9.17) is 9.47 Å². The van der Waals surface area contributed by atoms with Crippen LogP contribution in [0.5, 0.6) is 0 Å². The van der Waals surface area contributed by atoms with Crippen molar-refractivity contribution in [2.75, 3.05) is 0 Å². The van der Waals surface area contributed by atoms with Gasteiger partial charge in [-0.1, -0.05) is 34.6 Å². The van der Waals surface area contributed by atoms with Gasteiger partial charge in [-0.15, -0.1) is 0 Å². The fourth-order valence-electron chi connectivity index (χ4n) is 2.58. The van der Waals surface area contributed by atoms with Crippen LogP contribution >= 0.6 is 0 Å². The van der Waals surface area contributed by atoms with Crippen molar-refractivity contribution in [3.8, 4) is 0 Å². The monoisotopic (exact) mass is 378 g/mol. The minimum atomic E-state index is -2.60. The highest BCUT2D eigenvalue weighted by Gasteiger charge is 2.66. The van der Waals surface area contributed by atoms with Gasteiger partial charge in [0.25, 0.3) is 11.4 Å². The maximum absolute atomic E-state index is 15.3. The predicted octanol–water partition coefficient (Wildman–Crippen LogP) is 2.71. The van der Waals surface area contributed by atoms with Gasteiger partial charge in [-0.05, 0) is 6.92 Å². The van der Waals surface area contributed by atoms with E-state index in [9.17, 15) is 14.4 Å². The lowest BCUT2D eigenvalue weighted by molar-refractivity contribution is -0.205. The molecule has 150 valence electrons. The smallest absolute Gasteiger partial charge is 0.330 e. The molecule has 1 N–H and O–H groups in total. The van der Waals surface area contributed by atoms with Gasteiger partial charge in [0, 0.05) is 20.1 Å². The molecule has 0 amide bonds. The number of aromatic nitrogens is 2. The molecule has 2 heterocycles. The Kier molecular flexibility index (Phi) is 6.87. The van der Waals surface area contributed by atoms with Gasteiger partial charge in [-0.3, -0.25) is 19.1 Å². The lowest BCUT2D eigenvalue weighted by atomic mass is 9.95. The van der Waals surface area contributed by atoms with Crippen molar-refractivity contribution < 1.29 is 24.5 Å². The van der Waals surface area contributed by atoms with Crippen molar-refractivity contribution in [1.82, 2.24) is 9.55 Å². The molecule has 1 aliphatic heterocycles. The SMILES string of the molecule is CC.CC[C@@]1(F)O[C@@H](n2ccc(=O)[nH]c2=O)[C@](C)(F)[C@@H]1OC(=O)C(C)C.[HH]. The van der Waals surface area contributed by atoms with Crippen LogP contribution in [0.25, 0.3) is 0 Å². The number of rotatable bonds is 4. The summed E-state index contributed by atoms with van der Waals surface area (Å²) in [7, 11) is 0. The number of ether oxygens (including phenoxy) is 2. The summed E-state index contributed by atoms with van der Waals surface area (Å²) in [4.78, 5) is 36.8. The second kappa shape index (κ2) is 8.11. The van der Waals surface area contributed by atoms with Gasteiger partial charge in [0.15, 0.2) is 18.0 Å². The zero-order valence-corrected chi connectivity index (χ0v) is 15.8. The average Bonchev–Trinajstić information content (AvgIpc) is 2.78. The molecule has 1 aliphatic rings. The van der Waals surface area contributed by atoms with E-state index in [0.717, 1.165) is 23.8 Å². The number of nitrogens with one attached hydrogen (secondary N) is 1. The average molecular weight is 378 g/mol. The second-order valence-electron chi connectivity index (χ2n) is 6.25. The molecule has 0 aromatic carbocycles. The highest BCUT2D eigenvalue weighted by Crippen LogP contribution is 2.50. The van der Waals surface area contributed by atoms with Crippen LogP contribution in [0.1, 0.15) is 55.6 Å². The van der Waals surface area contributed by atoms with E-state index in [2.05, 4.69) is 0 Å². The molecule has 0 saturated carbocycles. The van der Waals surface area contributed by atoms with Gasteiger partial charge in [0.2, 0.25) is 0 Å². The molecule has 0 bridgehead atoms. The molecule has 4 atom stereocenters. The number of nitrogens with zero attached hydrogens (tertiary/aromatic N) is 1. The maximum Gasteiger partial charge on any atom is 0.330 e. The Balaban J connectivity index is 0.00000218. The minimum Gasteiger partial charge on any atom is -0.452 e. The molecule has 0 spiro atoms. The van der Waals surface area contributed by atoms with Crippen LogP contribution < -0.4 is 11.2 Å². The Morgan fingerprint density at radius 2 is 2.00 bits per heavy atom. The third kappa shape index (κ3) is 4.03. The summed E-state index contributed by atoms with van der Waals surface area (Å²) in [6.07, 6.45) is -2.84. The number of aromatic amines is 1. The number of hydrogen-bond donors (Lipinski definition) is 1. The number of carbonyl (C=O) groups is 1. The van der Waals surface area contributed by atoms with Gasteiger partial charge in [0.1, 0.15) is 0 Å². The van der Waals surface area contributed by atoms with Crippen LogP contribution in [-0.2, 0) is 14.3 Å². The first kappa shape index (κ1) is 22.0. The number of halogens is 2. The molecule has 9 heteroatoms. The topological polar surface area (TPSA) is 90.4 Å². The van der Waals surface area contributed by atoms with E-state index in [1.165, 1.54) is 20.8 Å². The molecule has 1 aromatic heterocycles. The fraction of sp³-hybridized carbons (Fsp3) is 0.706. The quantitative estimate of drug-likeness (QED) is 0.814. The van der Waals surface area contributed by atoms with Crippen LogP contribution in [0.2, 0.25) is 0 Å². The summed E-state index contributed by atoms with van der Waals surface area (Å²) < 4.78 is 41.2. The molecular weight excluding hydrogens is 350 g/mol. The van der Waals surface area contributed by atoms with E-state index in [-0.39, 0.29) is 7.85 Å². The molecule has 1 saturated heterocycles. The van der Waals surface area contributed by atoms with E-state index >= 15 is 8.78 Å². The fourth-order valence-corrected chi connectivity index (χ4v) is 2.58. The highest BCUT2D eigenvalue weighted by atomic mass is 19.2. The molecule has 1 aromatic rings. The second-order valence-corrected chi connectivity index (χ2v) is 6.25. The van der Waals surface area contributed by atoms with Crippen molar-refractivity contribution >= 4 is 5.97 Å². The van der Waals surface area contributed by atoms with E-state index in [1.807, 2.05) is 18.8 Å². The van der Waals surface area contributed by atoms with Gasteiger partial charge < -0.3 is 9.47 Å². The summed E-state index contributed by atoms with van der Waals surface area (Å²) in [6, 6.07) is 0.986. The zero-order chi connectivity index (χ0) is 20.3. The summed E-state index contributed by atoms with van der Waals surface area (Å²) >= 11 is 0. The van der Waals surface area contributed by atoms with Crippen LogP contribution in [0, 0.1) is 5.92 Å². The van der Waals surface area contributed by atoms with Crippen LogP contribution in [-0.4, -0.2) is 33.1 Å². The van der Waals surface area contributed by atoms with Crippen molar-refractivity contribution in [3.63, 3.8) is 0 Å². The largest absolute Gasteiger partial charge is 0.452 e. The maximum atomic E-state index is 15.3. The molecule has 2 rings (SSSR count). The van der Waals surface area contributed by atoms with Crippen molar-refractivity contribution in [1.29, 1.82) is 0 Å². The third-order valence-corrected chi connectivity index (χ3v) is 3.99. The first-order chi connectivity index (χ1) is 12.0. The molecule has 0 aliphatic carbocycles. The molecular formula is C17H28F2N2O5. The first-order valence-corrected chi connectivity index (χ1v) is 8.60. The van der Waals surface area contributed by atoms with Crippen LogP contribution in [0.15, 0.2) is 21.9 Å². The highest BCUT2D eigenvalue weighted by molar-refractivity contribution is 5.72. The minimum absolute atomic E-state index is 0. The predicted molar refractivity (Wildman–Crippen MR) is 93.3 cm³/mol. The standard InChI is InChI=1S/C15H20F2N2O5.C2H6.H2/c1-5-15(17)11(23-10(21)8(2)3)14(4,16)12(24-15)19-7-6-9(20)18-13(19)22;1-2;/h6-8,11-12H,5H2,1-4H3,(H,18,20,22);1-2H3;1H/t11-,12+,14+,15+;;/m0../s1. The molecule has 0 radical (unpaired) electrons. The van der Waals surface area contributed by atoms with Crippen LogP contribution in [0.4, 0.5) is 8.78 Å². The molecule has 26 heavy (non-hydrogen) atoms. The Labute approximate surface area is 151 Å². The Bertz CT molecular complexity index is 749. The van der Waals surface area contributed by atoms with Gasteiger partial charge in [0.05, 0.1) is 5.92 Å². The van der Waals surface area contributed by atoms with E-state index < -0.39 is 47.0 Å². The number of carbonyl (C=O) groups excluding carboxylic acids is 1. The number of hydrogen-bond acceptors (Lipinski definition) is 5. The number of H-pyrrole nitrogens is 1. The third-order valence-electron chi connectivity index (χ3n) is 3.99. The van der Waals surface area contributed by atoms with Crippen molar-refractivity contribution in [2.45, 2.75) is 71.8 Å². The molecule has 7 nitrogen and oxygen atoms in total. The van der Waals surface area contributed by atoms with Gasteiger partial charge in [-0.2, -0.15) is 0 Å². The summed E-state index contributed by atoms with van der Waals surface area (Å²) in [5.74, 6) is -3.97. The lowest BCUT2D eigenvalue weighted by Gasteiger charge is -2.29. The van der Waals surface area contributed by atoms with Crippen LogP contribution in [0.3, 0.4) is 0 Å². The molecule has 1 fully saturated rings. The number of alkyl halides is 2. The normalized spacial score (nSPS) is 30.7. The lowest BCUT2D eigenvalue weighted by Crippen LogP contribution is -2.48. The van der Waals surface area contributed by atoms with Gasteiger partial charge >= 0.3 is 11.7 Å². The summed E-state index contributed by atoms with van der Waals surface area (Å²) in [6.45, 7) is 9.46. The van der Waals surface area contributed by atoms with Crippen molar-refractivity contribution in [2.24, 2.45) is 5.92 Å². The Morgan fingerprint density at radius 1 is 1.42 bits per heavy atom. The molecule has 0 unspecified atom stereocenters. The van der Waals surface area contributed by atoms with E-state index in [0.29, 0.717) is 0 Å². The zero-order valence-electron chi connectivity index (χ0n) is 15.8. The Hall–Kier alpha value is -2.03. The Morgan fingerprint density at radius 3 is 2.46 bits per heavy atom. The van der Waals surface area contributed by atoms with Gasteiger partial charge in [-0.25, -0.2) is 13.6 Å². The summed E-state index contributed by atoms with van der Waals surface area (Å²) in [5.41, 5.74) is -4.16. The van der Waals surface area contributed by atoms with Crippen molar-refractivity contribution in [3.05, 3.63) is 33.1 Å². The van der Waals surface area contributed by atoms with E-state index in [1.54, 1.807) is 0 Å². The summed E-state index contributed by atoms with van der Waals surface area (Å²) in [5, 5.41) is 0. The number of esters is 1.